The molecule has 1 amide bonds. The number of thioether (sulfide) groups is 1. The van der Waals surface area contributed by atoms with Gasteiger partial charge >= 0.3 is 0 Å². The molecule has 124 valence electrons. The molecule has 0 bridgehead atoms. The molecule has 0 fully saturated rings. The third-order valence-corrected chi connectivity index (χ3v) is 5.80. The number of benzene rings is 1. The van der Waals surface area contributed by atoms with Gasteiger partial charge in [-0.1, -0.05) is 55.1 Å². The highest BCUT2D eigenvalue weighted by Crippen LogP contribution is 2.27. The largest absolute Gasteiger partial charge is 0.300 e. The minimum Gasteiger partial charge on any atom is -0.300 e. The average Bonchev–Trinajstić information content (AvgIpc) is 2.94. The number of rotatable bonds is 7. The molecule has 1 heterocycles. The van der Waals surface area contributed by atoms with Crippen LogP contribution in [0.2, 0.25) is 0 Å². The van der Waals surface area contributed by atoms with Gasteiger partial charge in [-0.05, 0) is 42.9 Å². The molecule has 4 nitrogen and oxygen atoms in total. The summed E-state index contributed by atoms with van der Waals surface area (Å²) in [6.07, 6.45) is 1.19. The smallest absolute Gasteiger partial charge is 0.226 e. The van der Waals surface area contributed by atoms with Crippen molar-refractivity contribution in [2.75, 3.05) is 11.1 Å². The Bertz CT molecular complexity index is 668. The second kappa shape index (κ2) is 8.45. The third kappa shape index (κ3) is 5.95. The molecule has 0 spiro atoms. The van der Waals surface area contributed by atoms with Crippen molar-refractivity contribution in [2.45, 2.75) is 44.9 Å². The number of carbonyl (C=O) groups is 1. The van der Waals surface area contributed by atoms with Crippen LogP contribution in [0.1, 0.15) is 37.0 Å². The maximum Gasteiger partial charge on any atom is 0.226 e. The molecule has 0 saturated heterocycles. The number of hydrogen-bond acceptors (Lipinski definition) is 5. The van der Waals surface area contributed by atoms with E-state index < -0.39 is 0 Å². The number of nitrogens with zero attached hydrogens (tertiary/aromatic N) is 2. The highest BCUT2D eigenvalue weighted by Gasteiger charge is 2.09. The fourth-order valence-electron chi connectivity index (χ4n) is 1.96. The van der Waals surface area contributed by atoms with Crippen LogP contribution in [-0.4, -0.2) is 21.9 Å². The summed E-state index contributed by atoms with van der Waals surface area (Å²) in [7, 11) is 0. The molecule has 0 atom stereocenters. The normalized spacial score (nSPS) is 11.0. The lowest BCUT2D eigenvalue weighted by Gasteiger charge is -2.05. The summed E-state index contributed by atoms with van der Waals surface area (Å²) in [6, 6.07) is 6.33. The number of anilines is 1. The SMILES string of the molecule is Cc1ccc(CCC(=O)Nc2nnc(SCC(C)C)s2)cc1C. The first-order chi connectivity index (χ1) is 10.9. The predicted molar refractivity (Wildman–Crippen MR) is 98.3 cm³/mol. The maximum atomic E-state index is 12.0. The summed E-state index contributed by atoms with van der Waals surface area (Å²) >= 11 is 3.12. The average molecular weight is 350 g/mol. The molecule has 1 aromatic heterocycles. The van der Waals surface area contributed by atoms with Crippen LogP contribution in [0.15, 0.2) is 22.5 Å². The molecule has 1 aromatic carbocycles. The van der Waals surface area contributed by atoms with Gasteiger partial charge in [0, 0.05) is 12.2 Å². The second-order valence-electron chi connectivity index (χ2n) is 6.04. The van der Waals surface area contributed by atoms with Crippen molar-refractivity contribution in [3.63, 3.8) is 0 Å². The topological polar surface area (TPSA) is 54.9 Å². The first-order valence-corrected chi connectivity index (χ1v) is 9.56. The first-order valence-electron chi connectivity index (χ1n) is 7.76. The molecule has 23 heavy (non-hydrogen) atoms. The molecule has 0 unspecified atom stereocenters. The van der Waals surface area contributed by atoms with Crippen molar-refractivity contribution in [3.05, 3.63) is 34.9 Å². The van der Waals surface area contributed by atoms with Gasteiger partial charge in [0.15, 0.2) is 4.34 Å². The number of nitrogens with one attached hydrogen (secondary N) is 1. The number of hydrogen-bond donors (Lipinski definition) is 1. The van der Waals surface area contributed by atoms with Crippen molar-refractivity contribution >= 4 is 34.1 Å². The predicted octanol–water partition coefficient (Wildman–Crippen LogP) is 4.47. The fourth-order valence-corrected chi connectivity index (χ4v) is 3.70. The Morgan fingerprint density at radius 3 is 2.74 bits per heavy atom. The van der Waals surface area contributed by atoms with Crippen molar-refractivity contribution in [1.82, 2.24) is 10.2 Å². The lowest BCUT2D eigenvalue weighted by atomic mass is 10.0. The van der Waals surface area contributed by atoms with Crippen LogP contribution in [0.4, 0.5) is 5.13 Å². The van der Waals surface area contributed by atoms with Gasteiger partial charge in [0.2, 0.25) is 11.0 Å². The summed E-state index contributed by atoms with van der Waals surface area (Å²) in [5.74, 6) is 1.61. The van der Waals surface area contributed by atoms with E-state index in [2.05, 4.69) is 61.4 Å². The highest BCUT2D eigenvalue weighted by atomic mass is 32.2. The number of aromatic nitrogens is 2. The molecule has 0 radical (unpaired) electrons. The zero-order chi connectivity index (χ0) is 16.8. The van der Waals surface area contributed by atoms with E-state index in [1.165, 1.54) is 28.0 Å². The molecular formula is C17H23N3OS2. The van der Waals surface area contributed by atoms with E-state index >= 15 is 0 Å². The summed E-state index contributed by atoms with van der Waals surface area (Å²) in [5, 5.41) is 11.6. The fraction of sp³-hybridized carbons (Fsp3) is 0.471. The Labute approximate surface area is 146 Å². The Balaban J connectivity index is 1.81. The van der Waals surface area contributed by atoms with Crippen molar-refractivity contribution in [1.29, 1.82) is 0 Å². The van der Waals surface area contributed by atoms with Crippen molar-refractivity contribution < 1.29 is 4.79 Å². The van der Waals surface area contributed by atoms with E-state index in [9.17, 15) is 4.79 Å². The van der Waals surface area contributed by atoms with Crippen LogP contribution >= 0.6 is 23.1 Å². The van der Waals surface area contributed by atoms with E-state index in [1.54, 1.807) is 11.8 Å². The molecule has 0 aliphatic rings. The summed E-state index contributed by atoms with van der Waals surface area (Å²) in [5.41, 5.74) is 3.73. The minimum absolute atomic E-state index is 0.0141. The van der Waals surface area contributed by atoms with E-state index in [0.29, 0.717) is 17.5 Å². The number of amides is 1. The molecule has 0 aliphatic heterocycles. The van der Waals surface area contributed by atoms with Crippen LogP contribution in [0.3, 0.4) is 0 Å². The van der Waals surface area contributed by atoms with Crippen molar-refractivity contribution in [3.8, 4) is 0 Å². The maximum absolute atomic E-state index is 12.0. The van der Waals surface area contributed by atoms with Gasteiger partial charge in [0.25, 0.3) is 0 Å². The quantitative estimate of drug-likeness (QED) is 0.592. The van der Waals surface area contributed by atoms with Gasteiger partial charge in [-0.15, -0.1) is 10.2 Å². The van der Waals surface area contributed by atoms with Gasteiger partial charge in [0.05, 0.1) is 0 Å². The standard InChI is InChI=1S/C17H23N3OS2/c1-11(2)10-22-17-20-19-16(23-17)18-15(21)8-7-14-6-5-12(3)13(4)9-14/h5-6,9,11H,7-8,10H2,1-4H3,(H,18,19,21). The Morgan fingerprint density at radius 2 is 2.04 bits per heavy atom. The molecular weight excluding hydrogens is 326 g/mol. The van der Waals surface area contributed by atoms with Gasteiger partial charge in [0.1, 0.15) is 0 Å². The van der Waals surface area contributed by atoms with Gasteiger partial charge in [-0.2, -0.15) is 0 Å². The zero-order valence-corrected chi connectivity index (χ0v) is 15.7. The van der Waals surface area contributed by atoms with Crippen LogP contribution < -0.4 is 5.32 Å². The molecule has 6 heteroatoms. The van der Waals surface area contributed by atoms with Gasteiger partial charge in [-0.3, -0.25) is 4.79 Å². The Morgan fingerprint density at radius 1 is 1.26 bits per heavy atom. The molecule has 2 rings (SSSR count). The number of aryl methyl sites for hydroxylation is 3. The Kier molecular flexibility index (Phi) is 6.59. The second-order valence-corrected chi connectivity index (χ2v) is 8.29. The van der Waals surface area contributed by atoms with E-state index in [4.69, 9.17) is 0 Å². The third-order valence-electron chi connectivity index (χ3n) is 3.41. The van der Waals surface area contributed by atoms with Gasteiger partial charge < -0.3 is 5.32 Å². The molecule has 2 aromatic rings. The molecule has 1 N–H and O–H groups in total. The lowest BCUT2D eigenvalue weighted by molar-refractivity contribution is -0.116. The summed E-state index contributed by atoms with van der Waals surface area (Å²) < 4.78 is 0.906. The van der Waals surface area contributed by atoms with Crippen LogP contribution in [0.25, 0.3) is 0 Å². The first kappa shape index (κ1) is 17.9. The minimum atomic E-state index is -0.0141. The van der Waals surface area contributed by atoms with Crippen LogP contribution in [0.5, 0.6) is 0 Å². The van der Waals surface area contributed by atoms with E-state index in [0.717, 1.165) is 16.5 Å². The molecule has 0 aliphatic carbocycles. The monoisotopic (exact) mass is 349 g/mol. The van der Waals surface area contributed by atoms with Crippen LogP contribution in [-0.2, 0) is 11.2 Å². The van der Waals surface area contributed by atoms with Gasteiger partial charge in [-0.25, -0.2) is 0 Å². The highest BCUT2D eigenvalue weighted by molar-refractivity contribution is 8.01. The lowest BCUT2D eigenvalue weighted by Crippen LogP contribution is -2.12. The van der Waals surface area contributed by atoms with Crippen molar-refractivity contribution in [2.24, 2.45) is 5.92 Å². The zero-order valence-electron chi connectivity index (χ0n) is 14.0. The molecule has 0 saturated carbocycles. The number of carbonyl (C=O) groups excluding carboxylic acids is 1. The summed E-state index contributed by atoms with van der Waals surface area (Å²) in [4.78, 5) is 12.0. The summed E-state index contributed by atoms with van der Waals surface area (Å²) in [6.45, 7) is 8.53. The van der Waals surface area contributed by atoms with Crippen LogP contribution in [0, 0.1) is 19.8 Å². The van der Waals surface area contributed by atoms with E-state index in [-0.39, 0.29) is 5.91 Å². The Hall–Kier alpha value is -1.40. The van der Waals surface area contributed by atoms with E-state index in [1.807, 2.05) is 0 Å².